The maximum Gasteiger partial charge on any atom is 0.234 e. The summed E-state index contributed by atoms with van der Waals surface area (Å²) in [5, 5.41) is 21.3. The summed E-state index contributed by atoms with van der Waals surface area (Å²) in [5.41, 5.74) is 0. The third-order valence-electron chi connectivity index (χ3n) is 2.55. The van der Waals surface area contributed by atoms with E-state index in [2.05, 4.69) is 12.2 Å². The van der Waals surface area contributed by atoms with Crippen LogP contribution in [0.15, 0.2) is 0 Å². The second kappa shape index (κ2) is 6.05. The number of hydrogen-bond acceptors (Lipinski definition) is 4. The summed E-state index contributed by atoms with van der Waals surface area (Å²) in [6.07, 6.45) is 0.611. The summed E-state index contributed by atoms with van der Waals surface area (Å²) in [6, 6.07) is 0. The van der Waals surface area contributed by atoms with E-state index in [9.17, 15) is 15.0 Å². The number of amides is 1. The highest BCUT2D eigenvalue weighted by Crippen LogP contribution is 2.08. The van der Waals surface area contributed by atoms with Gasteiger partial charge in [-0.1, -0.05) is 13.3 Å². The van der Waals surface area contributed by atoms with Gasteiger partial charge in [-0.3, -0.25) is 9.69 Å². The van der Waals surface area contributed by atoms with Crippen molar-refractivity contribution in [1.82, 2.24) is 10.2 Å². The van der Waals surface area contributed by atoms with E-state index in [0.29, 0.717) is 19.6 Å². The fourth-order valence-corrected chi connectivity index (χ4v) is 1.64. The van der Waals surface area contributed by atoms with Gasteiger partial charge in [-0.2, -0.15) is 0 Å². The van der Waals surface area contributed by atoms with Crippen molar-refractivity contribution in [3.8, 4) is 0 Å². The summed E-state index contributed by atoms with van der Waals surface area (Å²) in [5.74, 6) is -0.0373. The number of rotatable bonds is 5. The highest BCUT2D eigenvalue weighted by molar-refractivity contribution is 5.78. The predicted molar refractivity (Wildman–Crippen MR) is 56.4 cm³/mol. The van der Waals surface area contributed by atoms with Gasteiger partial charge in [0.25, 0.3) is 0 Å². The van der Waals surface area contributed by atoms with Crippen LogP contribution >= 0.6 is 0 Å². The topological polar surface area (TPSA) is 72.8 Å². The van der Waals surface area contributed by atoms with E-state index < -0.39 is 12.2 Å². The van der Waals surface area contributed by atoms with Gasteiger partial charge in [-0.25, -0.2) is 0 Å². The normalized spacial score (nSPS) is 26.9. The molecule has 2 atom stereocenters. The van der Waals surface area contributed by atoms with Crippen LogP contribution < -0.4 is 5.32 Å². The average molecular weight is 216 g/mol. The van der Waals surface area contributed by atoms with Gasteiger partial charge in [0.1, 0.15) is 0 Å². The van der Waals surface area contributed by atoms with Crippen LogP contribution in [0.25, 0.3) is 0 Å². The number of β-amino-alcohol motifs (C(OH)–C–C–N with tert-alkyl or cyclic N) is 2. The van der Waals surface area contributed by atoms with Crippen LogP contribution in [-0.4, -0.2) is 59.4 Å². The summed E-state index contributed by atoms with van der Waals surface area (Å²) in [7, 11) is 0. The number of nitrogens with zero attached hydrogens (tertiary/aromatic N) is 1. The van der Waals surface area contributed by atoms with Crippen molar-refractivity contribution >= 4 is 5.91 Å². The molecule has 1 aliphatic heterocycles. The summed E-state index contributed by atoms with van der Waals surface area (Å²) < 4.78 is 0. The van der Waals surface area contributed by atoms with Crippen LogP contribution in [0.3, 0.4) is 0 Å². The molecule has 0 saturated carbocycles. The van der Waals surface area contributed by atoms with Crippen LogP contribution in [0, 0.1) is 0 Å². The van der Waals surface area contributed by atoms with Crippen molar-refractivity contribution in [2.75, 3.05) is 26.2 Å². The third-order valence-corrected chi connectivity index (χ3v) is 2.55. The third kappa shape index (κ3) is 4.15. The first-order valence-electron chi connectivity index (χ1n) is 5.48. The highest BCUT2D eigenvalue weighted by atomic mass is 16.3. The molecule has 0 radical (unpaired) electrons. The Morgan fingerprint density at radius 1 is 1.40 bits per heavy atom. The van der Waals surface area contributed by atoms with Gasteiger partial charge in [-0.05, 0) is 6.42 Å². The van der Waals surface area contributed by atoms with Crippen LogP contribution in [0.5, 0.6) is 0 Å². The van der Waals surface area contributed by atoms with Crippen LogP contribution in [0.2, 0.25) is 0 Å². The predicted octanol–water partition coefficient (Wildman–Crippen LogP) is -1.06. The number of likely N-dealkylation sites (tertiary alicyclic amines) is 1. The van der Waals surface area contributed by atoms with Crippen molar-refractivity contribution in [1.29, 1.82) is 0 Å². The van der Waals surface area contributed by atoms with Gasteiger partial charge in [-0.15, -0.1) is 0 Å². The zero-order chi connectivity index (χ0) is 11.3. The van der Waals surface area contributed by atoms with Crippen molar-refractivity contribution in [3.05, 3.63) is 0 Å². The summed E-state index contributed by atoms with van der Waals surface area (Å²) in [4.78, 5) is 13.1. The maximum absolute atomic E-state index is 11.4. The smallest absolute Gasteiger partial charge is 0.234 e. The Balaban J connectivity index is 2.16. The molecular weight excluding hydrogens is 196 g/mol. The minimum absolute atomic E-state index is 0.0373. The van der Waals surface area contributed by atoms with Crippen molar-refractivity contribution in [2.45, 2.75) is 32.0 Å². The Morgan fingerprint density at radius 3 is 2.53 bits per heavy atom. The van der Waals surface area contributed by atoms with E-state index in [-0.39, 0.29) is 12.5 Å². The first kappa shape index (κ1) is 12.4. The number of carbonyl (C=O) groups excluding carboxylic acids is 1. The number of carbonyl (C=O) groups is 1. The lowest BCUT2D eigenvalue weighted by Gasteiger charge is -2.13. The molecule has 0 aromatic carbocycles. The molecule has 88 valence electrons. The first-order chi connectivity index (χ1) is 7.13. The van der Waals surface area contributed by atoms with Gasteiger partial charge in [0.15, 0.2) is 0 Å². The standard InChI is InChI=1S/C10H20N2O3/c1-2-3-4-11-10(15)7-12-5-8(13)9(14)6-12/h8-9,13-14H,2-7H2,1H3,(H,11,15)/t8-,9+. The van der Waals surface area contributed by atoms with Crippen LogP contribution in [0.1, 0.15) is 19.8 Å². The molecule has 0 unspecified atom stereocenters. The number of aliphatic hydroxyl groups excluding tert-OH is 2. The van der Waals surface area contributed by atoms with Crippen molar-refractivity contribution in [3.63, 3.8) is 0 Å². The second-order valence-corrected chi connectivity index (χ2v) is 4.03. The minimum Gasteiger partial charge on any atom is -0.389 e. The van der Waals surface area contributed by atoms with Crippen molar-refractivity contribution in [2.24, 2.45) is 0 Å². The molecule has 3 N–H and O–H groups in total. The Labute approximate surface area is 90.1 Å². The molecule has 0 bridgehead atoms. The molecule has 1 aliphatic rings. The Kier molecular flexibility index (Phi) is 5.01. The zero-order valence-electron chi connectivity index (χ0n) is 9.15. The van der Waals surface area contributed by atoms with E-state index in [1.807, 2.05) is 0 Å². The molecule has 15 heavy (non-hydrogen) atoms. The largest absolute Gasteiger partial charge is 0.389 e. The molecule has 1 saturated heterocycles. The van der Waals surface area contributed by atoms with E-state index in [1.165, 1.54) is 0 Å². The summed E-state index contributed by atoms with van der Waals surface area (Å²) in [6.45, 7) is 3.79. The maximum atomic E-state index is 11.4. The molecule has 0 spiro atoms. The van der Waals surface area contributed by atoms with Gasteiger partial charge < -0.3 is 15.5 Å². The molecule has 1 amide bonds. The summed E-state index contributed by atoms with van der Waals surface area (Å²) >= 11 is 0. The fourth-order valence-electron chi connectivity index (χ4n) is 1.64. The lowest BCUT2D eigenvalue weighted by molar-refractivity contribution is -0.122. The average Bonchev–Trinajstić information content (AvgIpc) is 2.46. The number of unbranched alkanes of at least 4 members (excludes halogenated alkanes) is 1. The molecule has 1 heterocycles. The fraction of sp³-hybridized carbons (Fsp3) is 0.900. The van der Waals surface area contributed by atoms with E-state index in [1.54, 1.807) is 4.90 Å². The SMILES string of the molecule is CCCCNC(=O)CN1C[C@@H](O)[C@@H](O)C1. The highest BCUT2D eigenvalue weighted by Gasteiger charge is 2.30. The first-order valence-corrected chi connectivity index (χ1v) is 5.48. The lowest BCUT2D eigenvalue weighted by Crippen LogP contribution is -2.37. The Morgan fingerprint density at radius 2 is 2.00 bits per heavy atom. The van der Waals surface area contributed by atoms with Crippen LogP contribution in [0.4, 0.5) is 0 Å². The molecule has 5 nitrogen and oxygen atoms in total. The molecule has 0 aromatic heterocycles. The molecule has 1 fully saturated rings. The number of nitrogens with one attached hydrogen (secondary N) is 1. The number of aliphatic hydroxyl groups is 2. The van der Waals surface area contributed by atoms with Crippen LogP contribution in [-0.2, 0) is 4.79 Å². The van der Waals surface area contributed by atoms with E-state index >= 15 is 0 Å². The Bertz CT molecular complexity index is 201. The van der Waals surface area contributed by atoms with E-state index in [4.69, 9.17) is 0 Å². The second-order valence-electron chi connectivity index (χ2n) is 4.03. The Hall–Kier alpha value is -0.650. The monoisotopic (exact) mass is 216 g/mol. The van der Waals surface area contributed by atoms with E-state index in [0.717, 1.165) is 12.8 Å². The molecular formula is C10H20N2O3. The molecule has 5 heteroatoms. The minimum atomic E-state index is -0.714. The molecule has 1 rings (SSSR count). The molecule has 0 aromatic rings. The van der Waals surface area contributed by atoms with Gasteiger partial charge >= 0.3 is 0 Å². The van der Waals surface area contributed by atoms with Crippen molar-refractivity contribution < 1.29 is 15.0 Å². The molecule has 0 aliphatic carbocycles. The van der Waals surface area contributed by atoms with Gasteiger partial charge in [0.2, 0.25) is 5.91 Å². The zero-order valence-corrected chi connectivity index (χ0v) is 9.15. The lowest BCUT2D eigenvalue weighted by atomic mass is 10.3. The quantitative estimate of drug-likeness (QED) is 0.512. The number of hydrogen-bond donors (Lipinski definition) is 3. The van der Waals surface area contributed by atoms with Gasteiger partial charge in [0.05, 0.1) is 18.8 Å². The van der Waals surface area contributed by atoms with Gasteiger partial charge in [0, 0.05) is 19.6 Å².